The number of benzene rings is 1. The molecule has 162 valence electrons. The van der Waals surface area contributed by atoms with Crippen molar-refractivity contribution in [1.29, 1.82) is 0 Å². The van der Waals surface area contributed by atoms with E-state index in [0.717, 1.165) is 19.3 Å². The first-order chi connectivity index (χ1) is 14.5. The molecule has 30 heavy (non-hydrogen) atoms. The molecule has 4 rings (SSSR count). The van der Waals surface area contributed by atoms with Crippen LogP contribution in [0.4, 0.5) is 0 Å². The fourth-order valence-electron chi connectivity index (χ4n) is 4.66. The zero-order chi connectivity index (χ0) is 21.3. The predicted octanol–water partition coefficient (Wildman–Crippen LogP) is 0.620. The molecular weight excluding hydrogens is 384 g/mol. The largest absolute Gasteiger partial charge is 0.356 e. The van der Waals surface area contributed by atoms with E-state index in [9.17, 15) is 14.4 Å². The fourth-order valence-corrected chi connectivity index (χ4v) is 4.66. The number of likely N-dealkylation sites (N-methyl/N-ethyl adjacent to an activating group) is 1. The molecule has 2 aliphatic heterocycles. The van der Waals surface area contributed by atoms with Gasteiger partial charge in [-0.15, -0.1) is 0 Å². The van der Waals surface area contributed by atoms with E-state index in [0.29, 0.717) is 12.8 Å². The van der Waals surface area contributed by atoms with Gasteiger partial charge in [-0.3, -0.25) is 14.4 Å². The van der Waals surface area contributed by atoms with Gasteiger partial charge in [0.1, 0.15) is 18.3 Å². The predicted molar refractivity (Wildman–Crippen MR) is 110 cm³/mol. The SMILES string of the molecule is CNC(C)C(=O)NC1COC2CCC(C(=O)NC3CCCc4ccccc43)N2C1=O. The van der Waals surface area contributed by atoms with E-state index in [2.05, 4.69) is 28.1 Å². The zero-order valence-electron chi connectivity index (χ0n) is 17.5. The van der Waals surface area contributed by atoms with E-state index in [1.807, 2.05) is 12.1 Å². The Balaban J connectivity index is 1.44. The number of hydrogen-bond donors (Lipinski definition) is 3. The van der Waals surface area contributed by atoms with Gasteiger partial charge in [-0.25, -0.2) is 0 Å². The highest BCUT2D eigenvalue weighted by Crippen LogP contribution is 2.32. The summed E-state index contributed by atoms with van der Waals surface area (Å²) in [7, 11) is 1.68. The highest BCUT2D eigenvalue weighted by molar-refractivity contribution is 5.94. The van der Waals surface area contributed by atoms with Gasteiger partial charge in [-0.2, -0.15) is 0 Å². The van der Waals surface area contributed by atoms with Crippen LogP contribution in [0.15, 0.2) is 24.3 Å². The molecule has 1 aromatic carbocycles. The molecule has 0 aromatic heterocycles. The smallest absolute Gasteiger partial charge is 0.250 e. The molecule has 3 aliphatic rings. The molecule has 2 saturated heterocycles. The number of carbonyl (C=O) groups is 3. The number of nitrogens with zero attached hydrogens (tertiary/aromatic N) is 1. The van der Waals surface area contributed by atoms with Crippen molar-refractivity contribution in [2.45, 2.75) is 69.4 Å². The minimum absolute atomic E-state index is 0.0331. The molecule has 3 amide bonds. The third-order valence-electron chi connectivity index (χ3n) is 6.47. The number of nitrogens with one attached hydrogen (secondary N) is 3. The van der Waals surface area contributed by atoms with Crippen molar-refractivity contribution in [1.82, 2.24) is 20.9 Å². The van der Waals surface area contributed by atoms with E-state index in [4.69, 9.17) is 4.74 Å². The van der Waals surface area contributed by atoms with Crippen LogP contribution in [0.3, 0.4) is 0 Å². The van der Waals surface area contributed by atoms with Gasteiger partial charge in [0, 0.05) is 0 Å². The van der Waals surface area contributed by atoms with Crippen molar-refractivity contribution in [2.24, 2.45) is 0 Å². The van der Waals surface area contributed by atoms with Crippen molar-refractivity contribution in [3.05, 3.63) is 35.4 Å². The third kappa shape index (κ3) is 3.94. The maximum atomic E-state index is 13.1. The number of hydrogen-bond acceptors (Lipinski definition) is 5. The Kier molecular flexibility index (Phi) is 6.06. The quantitative estimate of drug-likeness (QED) is 0.656. The number of carbonyl (C=O) groups excluding carboxylic acids is 3. The average molecular weight is 415 g/mol. The zero-order valence-corrected chi connectivity index (χ0v) is 17.5. The maximum Gasteiger partial charge on any atom is 0.250 e. The van der Waals surface area contributed by atoms with Gasteiger partial charge in [-0.1, -0.05) is 24.3 Å². The van der Waals surface area contributed by atoms with E-state index in [1.165, 1.54) is 16.0 Å². The van der Waals surface area contributed by atoms with Crippen LogP contribution < -0.4 is 16.0 Å². The highest BCUT2D eigenvalue weighted by atomic mass is 16.5. The van der Waals surface area contributed by atoms with Gasteiger partial charge in [0.2, 0.25) is 17.7 Å². The first kappa shape index (κ1) is 20.8. The lowest BCUT2D eigenvalue weighted by molar-refractivity contribution is -0.167. The molecule has 1 aromatic rings. The number of aryl methyl sites for hydroxylation is 1. The summed E-state index contributed by atoms with van der Waals surface area (Å²) in [6.45, 7) is 1.85. The standard InChI is InChI=1S/C22H30N4O4/c1-13(23-2)20(27)25-17-12-30-19-11-10-18(26(19)22(17)29)21(28)24-16-9-5-7-14-6-3-4-8-15(14)16/h3-4,6,8,13,16-19,23H,5,7,9-12H2,1-2H3,(H,24,28)(H,25,27). The maximum absolute atomic E-state index is 13.1. The Labute approximate surface area is 176 Å². The van der Waals surface area contributed by atoms with Crippen molar-refractivity contribution in [3.8, 4) is 0 Å². The number of rotatable bonds is 5. The lowest BCUT2D eigenvalue weighted by atomic mass is 9.87. The van der Waals surface area contributed by atoms with E-state index in [-0.39, 0.29) is 30.4 Å². The molecule has 2 fully saturated rings. The molecule has 5 unspecified atom stereocenters. The molecular formula is C22H30N4O4. The van der Waals surface area contributed by atoms with Crippen molar-refractivity contribution >= 4 is 17.7 Å². The van der Waals surface area contributed by atoms with Gasteiger partial charge in [0.15, 0.2) is 0 Å². The van der Waals surface area contributed by atoms with Crippen LogP contribution in [0.25, 0.3) is 0 Å². The van der Waals surface area contributed by atoms with Gasteiger partial charge in [0.05, 0.1) is 18.7 Å². The first-order valence-corrected chi connectivity index (χ1v) is 10.8. The number of amides is 3. The van der Waals surface area contributed by atoms with Crippen molar-refractivity contribution < 1.29 is 19.1 Å². The topological polar surface area (TPSA) is 99.8 Å². The van der Waals surface area contributed by atoms with Crippen LogP contribution in [0.1, 0.15) is 49.8 Å². The van der Waals surface area contributed by atoms with E-state index >= 15 is 0 Å². The van der Waals surface area contributed by atoms with Crippen molar-refractivity contribution in [3.63, 3.8) is 0 Å². The van der Waals surface area contributed by atoms with Gasteiger partial charge >= 0.3 is 0 Å². The summed E-state index contributed by atoms with van der Waals surface area (Å²) >= 11 is 0. The summed E-state index contributed by atoms with van der Waals surface area (Å²) in [6, 6.07) is 6.41. The molecule has 8 nitrogen and oxygen atoms in total. The lowest BCUT2D eigenvalue weighted by Crippen LogP contribution is -2.62. The molecule has 8 heteroatoms. The van der Waals surface area contributed by atoms with Gasteiger partial charge in [0.25, 0.3) is 0 Å². The Morgan fingerprint density at radius 2 is 1.93 bits per heavy atom. The summed E-state index contributed by atoms with van der Waals surface area (Å²) < 4.78 is 5.82. The van der Waals surface area contributed by atoms with Crippen LogP contribution in [-0.2, 0) is 25.5 Å². The number of ether oxygens (including phenoxy) is 1. The van der Waals surface area contributed by atoms with Crippen LogP contribution in [0, 0.1) is 0 Å². The summed E-state index contributed by atoms with van der Waals surface area (Å²) in [6.07, 6.45) is 3.73. The molecule has 0 saturated carbocycles. The first-order valence-electron chi connectivity index (χ1n) is 10.8. The summed E-state index contributed by atoms with van der Waals surface area (Å²) in [5.41, 5.74) is 2.44. The normalized spacial score (nSPS) is 29.0. The number of fused-ring (bicyclic) bond motifs is 2. The summed E-state index contributed by atoms with van der Waals surface area (Å²) in [5, 5.41) is 8.76. The molecule has 0 spiro atoms. The lowest BCUT2D eigenvalue weighted by Gasteiger charge is -2.38. The Hall–Kier alpha value is -2.45. The second-order valence-electron chi connectivity index (χ2n) is 8.35. The summed E-state index contributed by atoms with van der Waals surface area (Å²) in [4.78, 5) is 40.0. The molecule has 2 heterocycles. The Morgan fingerprint density at radius 1 is 1.13 bits per heavy atom. The van der Waals surface area contributed by atoms with Crippen LogP contribution in [-0.4, -0.2) is 60.6 Å². The van der Waals surface area contributed by atoms with Crippen LogP contribution >= 0.6 is 0 Å². The average Bonchev–Trinajstić information content (AvgIpc) is 3.20. The minimum atomic E-state index is -0.770. The Morgan fingerprint density at radius 3 is 2.73 bits per heavy atom. The molecule has 0 bridgehead atoms. The fraction of sp³-hybridized carbons (Fsp3) is 0.591. The second kappa shape index (κ2) is 8.73. The molecule has 3 N–H and O–H groups in total. The van der Waals surface area contributed by atoms with E-state index < -0.39 is 24.4 Å². The molecule has 1 aliphatic carbocycles. The molecule has 5 atom stereocenters. The van der Waals surface area contributed by atoms with Crippen molar-refractivity contribution in [2.75, 3.05) is 13.7 Å². The summed E-state index contributed by atoms with van der Waals surface area (Å²) in [5.74, 6) is -0.659. The van der Waals surface area contributed by atoms with Gasteiger partial charge in [-0.05, 0) is 57.2 Å². The van der Waals surface area contributed by atoms with Gasteiger partial charge < -0.3 is 25.6 Å². The van der Waals surface area contributed by atoms with E-state index in [1.54, 1.807) is 14.0 Å². The van der Waals surface area contributed by atoms with Crippen LogP contribution in [0.2, 0.25) is 0 Å². The Bertz CT molecular complexity index is 829. The molecule has 0 radical (unpaired) electrons. The third-order valence-corrected chi connectivity index (χ3v) is 6.47. The second-order valence-corrected chi connectivity index (χ2v) is 8.35. The highest BCUT2D eigenvalue weighted by Gasteiger charge is 2.47. The minimum Gasteiger partial charge on any atom is -0.356 e. The monoisotopic (exact) mass is 414 g/mol. The van der Waals surface area contributed by atoms with Crippen LogP contribution in [0.5, 0.6) is 0 Å².